The van der Waals surface area contributed by atoms with Crippen LogP contribution in [0.5, 0.6) is 5.75 Å². The number of ketones is 1. The highest BCUT2D eigenvalue weighted by atomic mass is 32.1. The van der Waals surface area contributed by atoms with E-state index < -0.39 is 5.97 Å². The van der Waals surface area contributed by atoms with Crippen molar-refractivity contribution >= 4 is 29.0 Å². The van der Waals surface area contributed by atoms with Gasteiger partial charge in [0.2, 0.25) is 0 Å². The second kappa shape index (κ2) is 9.69. The number of carbonyl (C=O) groups excluding carboxylic acids is 3. The lowest BCUT2D eigenvalue weighted by Gasteiger charge is -2.22. The molecular weight excluding hydrogens is 390 g/mol. The lowest BCUT2D eigenvalue weighted by Crippen LogP contribution is -2.36. The van der Waals surface area contributed by atoms with Gasteiger partial charge in [0.1, 0.15) is 5.75 Å². The van der Waals surface area contributed by atoms with Gasteiger partial charge in [-0.2, -0.15) is 0 Å². The number of aryl methyl sites for hydroxylation is 1. The van der Waals surface area contributed by atoms with Gasteiger partial charge < -0.3 is 14.4 Å². The number of Topliss-reactive ketones (excluding diaryl/α,β-unsaturated/α-hetero) is 1. The highest BCUT2D eigenvalue weighted by molar-refractivity contribution is 7.14. The Hall–Kier alpha value is -2.67. The van der Waals surface area contributed by atoms with E-state index in [2.05, 4.69) is 0 Å². The number of methoxy groups -OCH3 is 1. The number of benzene rings is 1. The maximum atomic E-state index is 12.6. The van der Waals surface area contributed by atoms with E-state index in [9.17, 15) is 14.4 Å². The maximum Gasteiger partial charge on any atom is 0.306 e. The van der Waals surface area contributed by atoms with E-state index in [4.69, 9.17) is 9.47 Å². The van der Waals surface area contributed by atoms with Gasteiger partial charge in [-0.3, -0.25) is 14.4 Å². The normalized spacial score (nSPS) is 13.0. The topological polar surface area (TPSA) is 72.9 Å². The lowest BCUT2D eigenvalue weighted by molar-refractivity contribution is -0.152. The molecule has 1 aliphatic carbocycles. The van der Waals surface area contributed by atoms with Crippen molar-refractivity contribution in [3.05, 3.63) is 51.7 Å². The molecule has 6 nitrogen and oxygen atoms in total. The molecular formula is C22H25NO5S. The number of rotatable bonds is 10. The Morgan fingerprint density at radius 3 is 2.38 bits per heavy atom. The summed E-state index contributed by atoms with van der Waals surface area (Å²) >= 11 is 1.41. The molecule has 0 saturated heterocycles. The predicted molar refractivity (Wildman–Crippen MR) is 110 cm³/mol. The molecule has 7 heteroatoms. The molecule has 0 atom stereocenters. The van der Waals surface area contributed by atoms with E-state index in [0.717, 1.165) is 29.0 Å². The molecule has 1 saturated carbocycles. The molecule has 0 spiro atoms. The van der Waals surface area contributed by atoms with E-state index in [1.54, 1.807) is 18.1 Å². The van der Waals surface area contributed by atoms with Crippen LogP contribution in [0.3, 0.4) is 0 Å². The molecule has 3 rings (SSSR count). The van der Waals surface area contributed by atoms with E-state index in [0.29, 0.717) is 11.4 Å². The zero-order valence-electron chi connectivity index (χ0n) is 16.7. The zero-order valence-corrected chi connectivity index (χ0v) is 17.5. The number of ether oxygens (including phenoxy) is 2. The van der Waals surface area contributed by atoms with Crippen LogP contribution in [0.15, 0.2) is 36.4 Å². The monoisotopic (exact) mass is 415 g/mol. The number of hydrogen-bond acceptors (Lipinski definition) is 6. The average Bonchev–Trinajstić information content (AvgIpc) is 3.48. The van der Waals surface area contributed by atoms with E-state index in [1.165, 1.54) is 11.3 Å². The summed E-state index contributed by atoms with van der Waals surface area (Å²) in [4.78, 5) is 40.1. The Labute approximate surface area is 174 Å². The molecule has 1 heterocycles. The summed E-state index contributed by atoms with van der Waals surface area (Å²) in [5.41, 5.74) is 0.995. The van der Waals surface area contributed by atoms with Crippen LogP contribution >= 0.6 is 11.3 Å². The van der Waals surface area contributed by atoms with Crippen molar-refractivity contribution in [2.75, 3.05) is 13.7 Å². The third kappa shape index (κ3) is 6.15. The van der Waals surface area contributed by atoms with Crippen molar-refractivity contribution in [2.45, 2.75) is 45.2 Å². The maximum absolute atomic E-state index is 12.6. The van der Waals surface area contributed by atoms with Crippen LogP contribution in [0.1, 0.15) is 45.8 Å². The van der Waals surface area contributed by atoms with Gasteiger partial charge in [-0.25, -0.2) is 0 Å². The average molecular weight is 416 g/mol. The Morgan fingerprint density at radius 1 is 1.07 bits per heavy atom. The van der Waals surface area contributed by atoms with Gasteiger partial charge in [-0.1, -0.05) is 12.1 Å². The van der Waals surface area contributed by atoms with Crippen LogP contribution in [0.2, 0.25) is 0 Å². The summed E-state index contributed by atoms with van der Waals surface area (Å²) in [6.45, 7) is 2.11. The lowest BCUT2D eigenvalue weighted by atomic mass is 10.2. The summed E-state index contributed by atoms with van der Waals surface area (Å²) < 4.78 is 10.3. The van der Waals surface area contributed by atoms with E-state index >= 15 is 0 Å². The number of nitrogens with zero attached hydrogens (tertiary/aromatic N) is 1. The summed E-state index contributed by atoms with van der Waals surface area (Å²) in [5.74, 6) is -0.0539. The van der Waals surface area contributed by atoms with Crippen molar-refractivity contribution in [3.8, 4) is 5.75 Å². The highest BCUT2D eigenvalue weighted by Crippen LogP contribution is 2.29. The first kappa shape index (κ1) is 21.0. The van der Waals surface area contributed by atoms with Gasteiger partial charge >= 0.3 is 5.97 Å². The minimum Gasteiger partial charge on any atom is -0.497 e. The standard InChI is InChI=1S/C22H25NO5S/c1-15-3-11-20(29-15)19(24)10-12-22(26)28-14-21(25)23(17-6-7-17)13-16-4-8-18(27-2)9-5-16/h3-5,8-9,11,17H,6-7,10,12-14H2,1-2H3. The van der Waals surface area contributed by atoms with Gasteiger partial charge in [0.05, 0.1) is 18.4 Å². The van der Waals surface area contributed by atoms with Crippen LogP contribution in [-0.2, 0) is 20.9 Å². The molecule has 0 N–H and O–H groups in total. The Kier molecular flexibility index (Phi) is 7.04. The number of thiophene rings is 1. The van der Waals surface area contributed by atoms with Crippen molar-refractivity contribution in [1.82, 2.24) is 4.90 Å². The van der Waals surface area contributed by atoms with Crippen molar-refractivity contribution in [3.63, 3.8) is 0 Å². The molecule has 1 aromatic carbocycles. The fourth-order valence-corrected chi connectivity index (χ4v) is 3.79. The number of carbonyl (C=O) groups is 3. The molecule has 1 fully saturated rings. The fourth-order valence-electron chi connectivity index (χ4n) is 2.96. The first-order chi connectivity index (χ1) is 14.0. The number of amides is 1. The predicted octanol–water partition coefficient (Wildman–Crippen LogP) is 3.76. The third-order valence-electron chi connectivity index (χ3n) is 4.75. The molecule has 1 aliphatic rings. The molecule has 2 aromatic rings. The zero-order chi connectivity index (χ0) is 20.8. The summed E-state index contributed by atoms with van der Waals surface area (Å²) in [6.07, 6.45) is 1.99. The quantitative estimate of drug-likeness (QED) is 0.436. The number of hydrogen-bond donors (Lipinski definition) is 0. The molecule has 29 heavy (non-hydrogen) atoms. The second-order valence-corrected chi connectivity index (χ2v) is 8.38. The van der Waals surface area contributed by atoms with E-state index in [-0.39, 0.29) is 37.2 Å². The van der Waals surface area contributed by atoms with E-state index in [1.807, 2.05) is 37.3 Å². The van der Waals surface area contributed by atoms with Gasteiger partial charge in [-0.15, -0.1) is 11.3 Å². The van der Waals surface area contributed by atoms with Gasteiger partial charge in [0.25, 0.3) is 5.91 Å². The Balaban J connectivity index is 1.45. The molecule has 0 unspecified atom stereocenters. The van der Waals surface area contributed by atoms with Crippen LogP contribution in [0.25, 0.3) is 0 Å². The summed E-state index contributed by atoms with van der Waals surface area (Å²) in [7, 11) is 1.61. The van der Waals surface area contributed by atoms with Crippen LogP contribution in [-0.4, -0.2) is 42.3 Å². The van der Waals surface area contributed by atoms with Crippen molar-refractivity contribution in [1.29, 1.82) is 0 Å². The van der Waals surface area contributed by atoms with Gasteiger partial charge in [-0.05, 0) is 49.6 Å². The molecule has 0 bridgehead atoms. The van der Waals surface area contributed by atoms with Crippen LogP contribution in [0, 0.1) is 6.92 Å². The summed E-state index contributed by atoms with van der Waals surface area (Å²) in [6, 6.07) is 11.4. The molecule has 0 aliphatic heterocycles. The number of esters is 1. The summed E-state index contributed by atoms with van der Waals surface area (Å²) in [5, 5.41) is 0. The van der Waals surface area contributed by atoms with Gasteiger partial charge in [0, 0.05) is 23.9 Å². The van der Waals surface area contributed by atoms with Crippen molar-refractivity contribution < 1.29 is 23.9 Å². The third-order valence-corrected chi connectivity index (χ3v) is 5.79. The first-order valence-electron chi connectivity index (χ1n) is 9.64. The van der Waals surface area contributed by atoms with Crippen LogP contribution < -0.4 is 4.74 Å². The molecule has 154 valence electrons. The second-order valence-electron chi connectivity index (χ2n) is 7.10. The van der Waals surface area contributed by atoms with Gasteiger partial charge in [0.15, 0.2) is 12.4 Å². The fraction of sp³-hybridized carbons (Fsp3) is 0.409. The van der Waals surface area contributed by atoms with Crippen molar-refractivity contribution in [2.24, 2.45) is 0 Å². The Morgan fingerprint density at radius 2 is 1.79 bits per heavy atom. The smallest absolute Gasteiger partial charge is 0.306 e. The molecule has 0 radical (unpaired) electrons. The van der Waals surface area contributed by atoms with Crippen LogP contribution in [0.4, 0.5) is 0 Å². The highest BCUT2D eigenvalue weighted by Gasteiger charge is 2.33. The SMILES string of the molecule is COc1ccc(CN(C(=O)COC(=O)CCC(=O)c2ccc(C)s2)C2CC2)cc1. The minimum absolute atomic E-state index is 0.0228. The minimum atomic E-state index is -0.528. The molecule has 1 aromatic heterocycles. The Bertz CT molecular complexity index is 870. The molecule has 1 amide bonds. The first-order valence-corrected chi connectivity index (χ1v) is 10.5. The largest absolute Gasteiger partial charge is 0.497 e.